The highest BCUT2D eigenvalue weighted by atomic mass is 28.4. The Kier molecular flexibility index (Phi) is 9.13. The molecule has 0 saturated carbocycles. The van der Waals surface area contributed by atoms with Crippen molar-refractivity contribution in [1.82, 2.24) is 5.32 Å². The number of hydrogen-bond acceptors (Lipinski definition) is 6. The number of hydrogen-bond donors (Lipinski definition) is 2. The van der Waals surface area contributed by atoms with Crippen LogP contribution >= 0.6 is 0 Å². The van der Waals surface area contributed by atoms with Gasteiger partial charge in [0.1, 0.15) is 0 Å². The highest BCUT2D eigenvalue weighted by Crippen LogP contribution is 2.36. The predicted molar refractivity (Wildman–Crippen MR) is 115 cm³/mol. The third-order valence-electron chi connectivity index (χ3n) is 5.41. The minimum Gasteiger partial charge on any atom is -0.481 e. The summed E-state index contributed by atoms with van der Waals surface area (Å²) in [7, 11) is -0.697. The van der Waals surface area contributed by atoms with Crippen LogP contribution in [0.3, 0.4) is 0 Å². The molecule has 0 aliphatic carbocycles. The zero-order valence-electron chi connectivity index (χ0n) is 18.4. The zero-order valence-corrected chi connectivity index (χ0v) is 19.4. The smallest absolute Gasteiger partial charge is 0.308 e. The second-order valence-corrected chi connectivity index (χ2v) is 13.6. The second-order valence-electron chi connectivity index (χ2n) is 8.77. The number of aliphatic carboxylic acids is 1. The minimum absolute atomic E-state index is 0.0132. The summed E-state index contributed by atoms with van der Waals surface area (Å²) >= 11 is 0. The maximum Gasteiger partial charge on any atom is 0.308 e. The molecule has 10 heteroatoms. The van der Waals surface area contributed by atoms with E-state index in [1.165, 1.54) is 31.4 Å². The fourth-order valence-electron chi connectivity index (χ4n) is 2.48. The number of non-ortho nitro benzene ring substituents is 1. The lowest BCUT2D eigenvalue weighted by atomic mass is 10.0. The van der Waals surface area contributed by atoms with Crippen LogP contribution in [0.2, 0.25) is 18.1 Å². The first-order valence-electron chi connectivity index (χ1n) is 9.69. The molecule has 168 valence electrons. The largest absolute Gasteiger partial charge is 0.481 e. The maximum atomic E-state index is 12.7. The van der Waals surface area contributed by atoms with Gasteiger partial charge in [0.15, 0.2) is 8.32 Å². The van der Waals surface area contributed by atoms with E-state index in [9.17, 15) is 24.8 Å². The number of carbonyl (C=O) groups excluding carboxylic acids is 1. The van der Waals surface area contributed by atoms with E-state index in [0.717, 1.165) is 0 Å². The summed E-state index contributed by atoms with van der Waals surface area (Å²) in [5.74, 6) is -2.27. The Morgan fingerprint density at radius 2 is 1.77 bits per heavy atom. The van der Waals surface area contributed by atoms with Crippen LogP contribution in [-0.4, -0.2) is 56.6 Å². The first-order valence-corrected chi connectivity index (χ1v) is 12.6. The van der Waals surface area contributed by atoms with Crippen molar-refractivity contribution < 1.29 is 28.8 Å². The van der Waals surface area contributed by atoms with Gasteiger partial charge < -0.3 is 19.6 Å². The van der Waals surface area contributed by atoms with Crippen molar-refractivity contribution in [2.45, 2.75) is 51.4 Å². The maximum absolute atomic E-state index is 12.7. The molecule has 1 aromatic rings. The fraction of sp³-hybridized carbons (Fsp3) is 0.600. The van der Waals surface area contributed by atoms with Crippen molar-refractivity contribution in [1.29, 1.82) is 0 Å². The van der Waals surface area contributed by atoms with Gasteiger partial charge in [-0.15, -0.1) is 0 Å². The van der Waals surface area contributed by atoms with Crippen molar-refractivity contribution in [3.63, 3.8) is 0 Å². The summed E-state index contributed by atoms with van der Waals surface area (Å²) in [5, 5.41) is 23.0. The van der Waals surface area contributed by atoms with Gasteiger partial charge in [0.25, 0.3) is 11.6 Å². The van der Waals surface area contributed by atoms with E-state index in [-0.39, 0.29) is 35.9 Å². The fourth-order valence-corrected chi connectivity index (χ4v) is 3.53. The van der Waals surface area contributed by atoms with E-state index in [4.69, 9.17) is 9.16 Å². The molecular weight excluding hydrogens is 408 g/mol. The average Bonchev–Trinajstić information content (AvgIpc) is 2.64. The van der Waals surface area contributed by atoms with Gasteiger partial charge in [0.2, 0.25) is 0 Å². The van der Waals surface area contributed by atoms with E-state index in [0.29, 0.717) is 0 Å². The lowest BCUT2D eigenvalue weighted by molar-refractivity contribution is -0.384. The Morgan fingerprint density at radius 1 is 1.20 bits per heavy atom. The lowest BCUT2D eigenvalue weighted by Gasteiger charge is -2.37. The Morgan fingerprint density at radius 3 is 2.20 bits per heavy atom. The van der Waals surface area contributed by atoms with Gasteiger partial charge in [-0.3, -0.25) is 19.7 Å². The van der Waals surface area contributed by atoms with Crippen LogP contribution in [0.4, 0.5) is 5.69 Å². The summed E-state index contributed by atoms with van der Waals surface area (Å²) < 4.78 is 11.2. The van der Waals surface area contributed by atoms with Gasteiger partial charge in [-0.05, 0) is 36.7 Å². The standard InChI is InChI=1S/C20H32N2O7Si/c1-20(2,3)30(5,6)29-13-16(11-15(12-28-4)19(24)25)21-18(23)14-7-9-17(10-8-14)22(26)27/h7-10,15-16H,11-13H2,1-6H3,(H,21,23)(H,24,25). The lowest BCUT2D eigenvalue weighted by Crippen LogP contribution is -2.47. The molecule has 2 unspecified atom stereocenters. The molecule has 0 radical (unpaired) electrons. The monoisotopic (exact) mass is 440 g/mol. The molecule has 30 heavy (non-hydrogen) atoms. The average molecular weight is 441 g/mol. The number of nitro groups is 1. The number of carboxylic acids is 1. The molecule has 1 aromatic carbocycles. The molecule has 2 N–H and O–H groups in total. The number of amides is 1. The molecule has 0 fully saturated rings. The molecule has 0 heterocycles. The number of rotatable bonds is 11. The molecule has 9 nitrogen and oxygen atoms in total. The topological polar surface area (TPSA) is 128 Å². The van der Waals surface area contributed by atoms with E-state index in [1.807, 2.05) is 0 Å². The van der Waals surface area contributed by atoms with Gasteiger partial charge >= 0.3 is 5.97 Å². The van der Waals surface area contributed by atoms with E-state index >= 15 is 0 Å². The number of benzene rings is 1. The molecular formula is C20H32N2O7Si. The summed E-state index contributed by atoms with van der Waals surface area (Å²) in [6, 6.07) is 4.67. The van der Waals surface area contributed by atoms with E-state index in [1.54, 1.807) is 0 Å². The van der Waals surface area contributed by atoms with Gasteiger partial charge in [0, 0.05) is 24.8 Å². The molecule has 1 amide bonds. The van der Waals surface area contributed by atoms with Crippen molar-refractivity contribution >= 4 is 25.9 Å². The van der Waals surface area contributed by atoms with Crippen LogP contribution in [0, 0.1) is 16.0 Å². The number of ether oxygens (including phenoxy) is 1. The molecule has 0 bridgehead atoms. The predicted octanol–water partition coefficient (Wildman–Crippen LogP) is 3.45. The van der Waals surface area contributed by atoms with Crippen molar-refractivity contribution in [2.75, 3.05) is 20.3 Å². The van der Waals surface area contributed by atoms with Crippen LogP contribution in [-0.2, 0) is 14.0 Å². The number of carboxylic acid groups (broad SMARTS) is 1. The Bertz CT molecular complexity index is 745. The highest BCUT2D eigenvalue weighted by Gasteiger charge is 2.38. The Balaban J connectivity index is 2.99. The van der Waals surface area contributed by atoms with Crippen LogP contribution in [0.25, 0.3) is 0 Å². The van der Waals surface area contributed by atoms with Gasteiger partial charge in [-0.2, -0.15) is 0 Å². The first-order chi connectivity index (χ1) is 13.8. The highest BCUT2D eigenvalue weighted by molar-refractivity contribution is 6.74. The molecule has 0 saturated heterocycles. The molecule has 0 aromatic heterocycles. The van der Waals surface area contributed by atoms with Crippen molar-refractivity contribution in [3.8, 4) is 0 Å². The van der Waals surface area contributed by atoms with Crippen molar-refractivity contribution in [3.05, 3.63) is 39.9 Å². The molecule has 0 aliphatic rings. The summed E-state index contributed by atoms with van der Waals surface area (Å²) in [6.45, 7) is 10.6. The van der Waals surface area contributed by atoms with Gasteiger partial charge in [-0.25, -0.2) is 0 Å². The molecule has 1 rings (SSSR count). The van der Waals surface area contributed by atoms with E-state index in [2.05, 4.69) is 39.2 Å². The van der Waals surface area contributed by atoms with E-state index < -0.39 is 37.1 Å². The van der Waals surface area contributed by atoms with Crippen LogP contribution in [0.1, 0.15) is 37.6 Å². The molecule has 2 atom stereocenters. The van der Waals surface area contributed by atoms with Crippen LogP contribution < -0.4 is 5.32 Å². The minimum atomic E-state index is -2.12. The summed E-state index contributed by atoms with van der Waals surface area (Å²) in [4.78, 5) is 34.5. The van der Waals surface area contributed by atoms with Gasteiger partial charge in [0.05, 0.1) is 30.1 Å². The zero-order chi connectivity index (χ0) is 23.1. The van der Waals surface area contributed by atoms with Crippen molar-refractivity contribution in [2.24, 2.45) is 5.92 Å². The third kappa shape index (κ3) is 7.51. The third-order valence-corrected chi connectivity index (χ3v) is 9.91. The SMILES string of the molecule is COCC(CC(CO[Si](C)(C)C(C)(C)C)NC(=O)c1ccc([N+](=O)[O-])cc1)C(=O)O. The van der Waals surface area contributed by atoms with Crippen LogP contribution in [0.15, 0.2) is 24.3 Å². The summed E-state index contributed by atoms with van der Waals surface area (Å²) in [5.41, 5.74) is 0.131. The quantitative estimate of drug-likeness (QED) is 0.306. The Hall–Kier alpha value is -2.30. The second kappa shape index (κ2) is 10.6. The number of nitrogens with zero attached hydrogens (tertiary/aromatic N) is 1. The van der Waals surface area contributed by atoms with Crippen LogP contribution in [0.5, 0.6) is 0 Å². The summed E-state index contributed by atoms with van der Waals surface area (Å²) in [6.07, 6.45) is 0.135. The Labute approximate surface area is 178 Å². The molecule has 0 aliphatic heterocycles. The molecule has 0 spiro atoms. The first kappa shape index (κ1) is 25.7. The number of methoxy groups -OCH3 is 1. The number of nitrogens with one attached hydrogen (secondary N) is 1. The number of carbonyl (C=O) groups is 2. The number of nitro benzene ring substituents is 1. The van der Waals surface area contributed by atoms with Gasteiger partial charge in [-0.1, -0.05) is 20.8 Å². The normalized spacial score (nSPS) is 14.1.